The molecule has 748 valence electrons. The van der Waals surface area contributed by atoms with E-state index in [1.165, 1.54) is 32.0 Å². The zero-order valence-electron chi connectivity index (χ0n) is 75.3. The van der Waals surface area contributed by atoms with Crippen LogP contribution in [0.15, 0.2) is 29.1 Å². The Balaban J connectivity index is 0.0000364. The largest absolute Gasteiger partial charge is 0.496 e. The predicted molar refractivity (Wildman–Crippen MR) is 471 cm³/mol. The number of Topliss-reactive ketones (excluding diaryl/α,β-unsaturated/α-hetero) is 2. The number of methoxy groups -OCH3 is 1. The highest BCUT2D eigenvalue weighted by Crippen LogP contribution is 2.37. The number of ketones is 2. The van der Waals surface area contributed by atoms with E-state index in [0.717, 1.165) is 4.90 Å². The molecule has 0 radical (unpaired) electrons. The van der Waals surface area contributed by atoms with E-state index in [1.54, 1.807) is 31.5 Å². The van der Waals surface area contributed by atoms with Gasteiger partial charge in [-0.25, -0.2) is 4.79 Å². The van der Waals surface area contributed by atoms with E-state index < -0.39 is 237 Å². The van der Waals surface area contributed by atoms with Gasteiger partial charge in [0.25, 0.3) is 0 Å². The van der Waals surface area contributed by atoms with E-state index in [2.05, 4.69) is 63.5 Å². The third-order valence-electron chi connectivity index (χ3n) is 20.3. The number of ether oxygens (including phenoxy) is 13. The van der Waals surface area contributed by atoms with Crippen LogP contribution in [0.5, 0.6) is 5.75 Å². The quantitative estimate of drug-likeness (QED) is 0.0216. The maximum atomic E-state index is 15.4. The summed E-state index contributed by atoms with van der Waals surface area (Å²) in [4.78, 5) is 191. The number of primary amides is 1. The minimum atomic E-state index is -2.42. The number of aliphatic hydroxyl groups excluding tert-OH is 3. The average molecular weight is 1920 g/mol. The van der Waals surface area contributed by atoms with Crippen LogP contribution in [-0.4, -0.2) is 396 Å². The second-order valence-electron chi connectivity index (χ2n) is 30.2. The number of rotatable bonds is 60. The predicted octanol–water partition coefficient (Wildman–Crippen LogP) is -7.30. The van der Waals surface area contributed by atoms with Crippen molar-refractivity contribution < 1.29 is 153 Å². The second kappa shape index (κ2) is 66.8. The molecule has 1 fully saturated rings. The molecule has 0 aliphatic carbocycles. The molecule has 132 heavy (non-hydrogen) atoms. The number of H-pyrrole nitrogens is 1. The fourth-order valence-corrected chi connectivity index (χ4v) is 15.4. The zero-order chi connectivity index (χ0) is 95.7. The van der Waals surface area contributed by atoms with Gasteiger partial charge in [-0.15, -0.1) is 0 Å². The first-order valence-electron chi connectivity index (χ1n) is 43.2. The molecular weight excluding hydrogens is 1790 g/mol. The lowest BCUT2D eigenvalue weighted by atomic mass is 9.85. The van der Waals surface area contributed by atoms with E-state index in [9.17, 15) is 77.6 Å². The van der Waals surface area contributed by atoms with Gasteiger partial charge in [0.1, 0.15) is 35.5 Å². The van der Waals surface area contributed by atoms with Gasteiger partial charge in [0.15, 0.2) is 11.6 Å². The first-order chi connectivity index (χ1) is 63.1. The Morgan fingerprint density at radius 2 is 1.14 bits per heavy atom. The van der Waals surface area contributed by atoms with Crippen molar-refractivity contribution in [3.8, 4) is 5.75 Å². The molecule has 3 aliphatic heterocycles. The van der Waals surface area contributed by atoms with Gasteiger partial charge in [-0.05, 0) is 30.0 Å². The Bertz CT molecular complexity index is 3970. The van der Waals surface area contributed by atoms with Crippen molar-refractivity contribution in [1.29, 1.82) is 0 Å². The van der Waals surface area contributed by atoms with Gasteiger partial charge in [0, 0.05) is 91.9 Å². The smallest absolute Gasteiger partial charge is 0.407 e. The van der Waals surface area contributed by atoms with Gasteiger partial charge in [-0.3, -0.25) is 66.5 Å². The number of carbonyl (C=O) groups excluding carboxylic acids is 14. The number of fused-ring (bicyclic) bond motifs is 5. The first-order valence-corrected chi connectivity index (χ1v) is 45.7. The summed E-state index contributed by atoms with van der Waals surface area (Å²) in [6.45, 7) is 8.51. The van der Waals surface area contributed by atoms with Crippen molar-refractivity contribution in [2.45, 2.75) is 106 Å². The van der Waals surface area contributed by atoms with E-state index in [0.29, 0.717) is 173 Å². The van der Waals surface area contributed by atoms with Crippen LogP contribution in [0, 0.1) is 23.7 Å². The molecule has 1 aromatic carbocycles. The summed E-state index contributed by atoms with van der Waals surface area (Å²) >= 11 is 1.44. The average Bonchev–Trinajstić information content (AvgIpc) is 1.62. The molecule has 4 heterocycles. The van der Waals surface area contributed by atoms with Crippen LogP contribution in [0.1, 0.15) is 64.0 Å². The Morgan fingerprint density at radius 3 is 1.67 bits per heavy atom. The molecule has 49 nitrogen and oxygen atoms in total. The number of hydrogen-bond donors (Lipinski definition) is 20. The minimum absolute atomic E-state index is 0. The monoisotopic (exact) mass is 1920 g/mol. The number of hydrogen-bond acceptors (Lipinski definition) is 37. The molecule has 24 N–H and O–H groups in total. The molecule has 51 heteroatoms. The molecule has 11 atom stereocenters. The SMILES string of the molecule is CC[C@H](C)[C@@H]1CC(=O)CNC(=O)[C@H]2CC(=O)[C@H]([C@@H](C)[C@@H](O)CO)NC(=O)[C@@H]3C[C@@H](O)CN3C(=O)[C@H](CC(N)=O)NC(=O)[C@H](CS(=O)c3[nH]c4c(CSCCOCCOCCOCCOCCOCCOCCOCCOCCOCCOCCOCCN/C=C(\N)COC(=O)NCCNC(=O)CNC(=O)CNC(=O)CNC(=O)CNO)c(OC)ccc4c3C2)NC(=O)CNC1=O.N. The summed E-state index contributed by atoms with van der Waals surface area (Å²) in [5.41, 5.74) is 14.4. The van der Waals surface area contributed by atoms with Crippen molar-refractivity contribution in [2.24, 2.45) is 35.1 Å². The number of carbonyl (C=O) groups is 14. The lowest BCUT2D eigenvalue weighted by Gasteiger charge is -2.32. The summed E-state index contributed by atoms with van der Waals surface area (Å²) in [6.07, 6.45) is -4.73. The molecule has 0 spiro atoms. The number of benzene rings is 1. The maximum absolute atomic E-state index is 15.4. The third-order valence-corrected chi connectivity index (χ3v) is 22.7. The number of aromatic nitrogens is 1. The van der Waals surface area contributed by atoms with Gasteiger partial charge in [-0.2, -0.15) is 17.2 Å². The number of amides is 12. The lowest BCUT2D eigenvalue weighted by Crippen LogP contribution is -2.60. The molecule has 1 saturated heterocycles. The summed E-state index contributed by atoms with van der Waals surface area (Å²) in [5, 5.41) is 68.1. The summed E-state index contributed by atoms with van der Waals surface area (Å²) in [6, 6.07) is -3.71. The van der Waals surface area contributed by atoms with Crippen molar-refractivity contribution in [3.05, 3.63) is 35.2 Å². The second-order valence-corrected chi connectivity index (χ2v) is 32.7. The van der Waals surface area contributed by atoms with Gasteiger partial charge in [0.2, 0.25) is 65.0 Å². The Labute approximate surface area is 771 Å². The number of alkyl carbamates (subject to hydrolysis) is 1. The van der Waals surface area contributed by atoms with Gasteiger partial charge >= 0.3 is 6.09 Å². The zero-order valence-corrected chi connectivity index (χ0v) is 76.9. The van der Waals surface area contributed by atoms with Crippen LogP contribution >= 0.6 is 11.8 Å². The fourth-order valence-electron chi connectivity index (χ4n) is 13.1. The maximum Gasteiger partial charge on any atom is 0.407 e. The van der Waals surface area contributed by atoms with Crippen LogP contribution in [0.2, 0.25) is 0 Å². The molecule has 1 aromatic heterocycles. The highest BCUT2D eigenvalue weighted by atomic mass is 32.2. The van der Waals surface area contributed by atoms with Gasteiger partial charge in [0.05, 0.1) is 251 Å². The Morgan fingerprint density at radius 1 is 0.629 bits per heavy atom. The minimum Gasteiger partial charge on any atom is -0.496 e. The van der Waals surface area contributed by atoms with E-state index in [-0.39, 0.29) is 67.6 Å². The van der Waals surface area contributed by atoms with Gasteiger partial charge < -0.3 is 168 Å². The molecule has 3 aliphatic rings. The standard InChI is InChI=1S/C81H132N16O32S2.H3N/c1-5-51(2)58-36-55(99)40-90-75(109)53-34-59-57-6-7-66(117-4)60(74(57)96-79(59)131(116)50-62(93-72(108)44-91-76(58)110)77(111)94-61(38-67(83)103)80(113)97-46-56(100)37-63(97)78(112)95-73(64(101)35-53)52(3)65(102)47-98)49-130-33-32-128-31-30-127-29-28-126-27-26-125-25-24-124-23-22-123-21-20-122-19-18-121-17-16-120-15-14-119-13-12-118-11-10-84-39-54(82)48-129-81(114)86-9-8-85-68(104)41-87-69(105)42-88-70(106)43-89-71(107)45-92-115;/h6-7,39,51-53,56,58,61-63,65,73,84,92,96,98,100,102,115H,5,8-38,40-50,82H2,1-4H3,(H2,83,103)(H,85,104)(H,86,114)(H,87,105)(H,88,106)(H,89,107)(H,90,109)(H,91,110)(H,93,108)(H,94,111)(H,95,112);1H3/b54-39-;/t51-,52-,53+,56+,58-,61-,62-,63-,65-,73-,131?;/m0./s1. The van der Waals surface area contributed by atoms with E-state index in [4.69, 9.17) is 78.3 Å². The highest BCUT2D eigenvalue weighted by molar-refractivity contribution is 7.98. The van der Waals surface area contributed by atoms with E-state index in [1.807, 2.05) is 0 Å². The normalized spacial score (nSPS) is 19.8. The number of nitrogens with zero attached hydrogens (tertiary/aromatic N) is 1. The summed E-state index contributed by atoms with van der Waals surface area (Å²) < 4.78 is 87.8. The number of aliphatic hydroxyl groups is 3. The van der Waals surface area contributed by atoms with E-state index >= 15 is 9.00 Å². The number of nitrogens with one attached hydrogen (secondary N) is 13. The van der Waals surface area contributed by atoms with Crippen molar-refractivity contribution >= 4 is 116 Å². The fraction of sp³-hybridized carbons (Fsp3) is 0.704. The van der Waals surface area contributed by atoms with Crippen LogP contribution in [0.4, 0.5) is 4.79 Å². The molecule has 2 bridgehead atoms. The molecule has 2 aromatic rings. The Kier molecular flexibility index (Phi) is 58.1. The number of hydroxylamine groups is 1. The number of nitrogens with two attached hydrogens (primary N) is 2. The van der Waals surface area contributed by atoms with Gasteiger partial charge in [-0.1, -0.05) is 27.2 Å². The third kappa shape index (κ3) is 45.0. The van der Waals surface area contributed by atoms with Crippen LogP contribution in [-0.2, 0) is 142 Å². The highest BCUT2D eigenvalue weighted by Gasteiger charge is 2.45. The van der Waals surface area contributed by atoms with Crippen molar-refractivity contribution in [2.75, 3.05) is 243 Å². The van der Waals surface area contributed by atoms with Crippen LogP contribution < -0.4 is 86.3 Å². The molecular formula is C81H135N17O32S2. The molecule has 12 amide bonds. The number of aromatic amines is 1. The topological polar surface area (TPSA) is 707 Å². The first kappa shape index (κ1) is 115. The summed E-state index contributed by atoms with van der Waals surface area (Å²) in [7, 11) is -0.979. The Hall–Kier alpha value is -9.50. The molecule has 0 saturated carbocycles. The molecule has 5 rings (SSSR count). The van der Waals surface area contributed by atoms with Crippen molar-refractivity contribution in [3.63, 3.8) is 0 Å². The lowest BCUT2D eigenvalue weighted by molar-refractivity contribution is -0.144. The number of thioether (sulfide) groups is 1. The van der Waals surface area contributed by atoms with Crippen molar-refractivity contribution in [1.82, 2.24) is 80.0 Å². The van der Waals surface area contributed by atoms with Crippen LogP contribution in [0.3, 0.4) is 0 Å². The molecule has 1 unspecified atom stereocenters. The summed E-state index contributed by atoms with van der Waals surface area (Å²) in [5.74, 6) is -14.8. The van der Waals surface area contributed by atoms with Crippen LogP contribution in [0.25, 0.3) is 10.9 Å².